The van der Waals surface area contributed by atoms with Crippen LogP contribution in [-0.4, -0.2) is 34.3 Å². The van der Waals surface area contributed by atoms with Crippen LogP contribution in [0.25, 0.3) is 0 Å². The molecular formula is C15H17N5O2S2. The molecular weight excluding hydrogens is 346 g/mol. The Hall–Kier alpha value is -2.39. The summed E-state index contributed by atoms with van der Waals surface area (Å²) < 4.78 is 0.720. The molecule has 2 aromatic rings. The van der Waals surface area contributed by atoms with E-state index in [1.54, 1.807) is 30.3 Å². The minimum absolute atomic E-state index is 0.136. The van der Waals surface area contributed by atoms with Crippen LogP contribution >= 0.6 is 23.1 Å². The maximum atomic E-state index is 12.0. The topological polar surface area (TPSA) is 96.0 Å². The average Bonchev–Trinajstić information content (AvgIpc) is 3.00. The molecule has 0 fully saturated rings. The molecule has 0 aliphatic rings. The first-order valence-electron chi connectivity index (χ1n) is 7.05. The van der Waals surface area contributed by atoms with Gasteiger partial charge in [-0.05, 0) is 24.3 Å². The third kappa shape index (κ3) is 6.01. The third-order valence-electron chi connectivity index (χ3n) is 2.62. The SMILES string of the molecule is C=CCNc1nnc(SCC(=O)Nc2ccc(NC(C)=O)cc2)s1. The molecule has 9 heteroatoms. The largest absolute Gasteiger partial charge is 0.357 e. The minimum atomic E-state index is -0.137. The second kappa shape index (κ2) is 9.04. The van der Waals surface area contributed by atoms with Crippen molar-refractivity contribution in [3.8, 4) is 0 Å². The Balaban J connectivity index is 1.79. The number of nitrogens with one attached hydrogen (secondary N) is 3. The van der Waals surface area contributed by atoms with Gasteiger partial charge < -0.3 is 16.0 Å². The van der Waals surface area contributed by atoms with Crippen LogP contribution in [0.5, 0.6) is 0 Å². The molecule has 0 saturated heterocycles. The normalized spacial score (nSPS) is 10.0. The molecule has 0 spiro atoms. The van der Waals surface area contributed by atoms with Crippen molar-refractivity contribution in [1.29, 1.82) is 0 Å². The fraction of sp³-hybridized carbons (Fsp3) is 0.200. The first kappa shape index (κ1) is 18.0. The van der Waals surface area contributed by atoms with E-state index in [9.17, 15) is 9.59 Å². The number of hydrogen-bond acceptors (Lipinski definition) is 7. The van der Waals surface area contributed by atoms with Crippen LogP contribution in [0.4, 0.5) is 16.5 Å². The lowest BCUT2D eigenvalue weighted by Crippen LogP contribution is -2.14. The van der Waals surface area contributed by atoms with Crippen LogP contribution in [0.2, 0.25) is 0 Å². The van der Waals surface area contributed by atoms with Gasteiger partial charge >= 0.3 is 0 Å². The standard InChI is InChI=1S/C15H17N5O2S2/c1-3-8-16-14-19-20-15(24-14)23-9-13(22)18-12-6-4-11(5-7-12)17-10(2)21/h3-7H,1,8-9H2,2H3,(H,16,19)(H,17,21)(H,18,22). The zero-order valence-electron chi connectivity index (χ0n) is 13.0. The molecule has 0 saturated carbocycles. The van der Waals surface area contributed by atoms with E-state index >= 15 is 0 Å². The van der Waals surface area contributed by atoms with E-state index in [1.807, 2.05) is 0 Å². The molecule has 1 heterocycles. The van der Waals surface area contributed by atoms with Gasteiger partial charge in [-0.2, -0.15) is 0 Å². The summed E-state index contributed by atoms with van der Waals surface area (Å²) in [6, 6.07) is 6.92. The van der Waals surface area contributed by atoms with Gasteiger partial charge in [-0.25, -0.2) is 0 Å². The lowest BCUT2D eigenvalue weighted by Gasteiger charge is -2.06. The predicted molar refractivity (Wildman–Crippen MR) is 98.7 cm³/mol. The van der Waals surface area contributed by atoms with E-state index in [0.717, 1.165) is 4.34 Å². The van der Waals surface area contributed by atoms with Gasteiger partial charge in [-0.15, -0.1) is 16.8 Å². The zero-order chi connectivity index (χ0) is 17.4. The number of nitrogens with zero attached hydrogens (tertiary/aromatic N) is 2. The number of anilines is 3. The monoisotopic (exact) mass is 363 g/mol. The van der Waals surface area contributed by atoms with Gasteiger partial charge in [0, 0.05) is 24.8 Å². The lowest BCUT2D eigenvalue weighted by atomic mass is 10.3. The summed E-state index contributed by atoms with van der Waals surface area (Å²) in [6.07, 6.45) is 1.73. The second-order valence-electron chi connectivity index (χ2n) is 4.64. The Morgan fingerprint density at radius 2 is 1.88 bits per heavy atom. The molecule has 24 heavy (non-hydrogen) atoms. The molecule has 1 aromatic carbocycles. The molecule has 2 amide bonds. The molecule has 0 bridgehead atoms. The summed E-state index contributed by atoms with van der Waals surface area (Å²) in [5, 5.41) is 17.2. The highest BCUT2D eigenvalue weighted by molar-refractivity contribution is 8.01. The number of benzene rings is 1. The van der Waals surface area contributed by atoms with E-state index in [-0.39, 0.29) is 17.6 Å². The number of carbonyl (C=O) groups is 2. The number of hydrogen-bond donors (Lipinski definition) is 3. The number of carbonyl (C=O) groups excluding carboxylic acids is 2. The molecule has 2 rings (SSSR count). The third-order valence-corrected chi connectivity index (χ3v) is 4.63. The molecule has 0 radical (unpaired) electrons. The second-order valence-corrected chi connectivity index (χ2v) is 6.84. The van der Waals surface area contributed by atoms with Gasteiger partial charge in [0.25, 0.3) is 0 Å². The van der Waals surface area contributed by atoms with Gasteiger partial charge in [0.1, 0.15) is 0 Å². The van der Waals surface area contributed by atoms with E-state index in [1.165, 1.54) is 30.0 Å². The number of rotatable bonds is 8. The van der Waals surface area contributed by atoms with Crippen LogP contribution in [0.15, 0.2) is 41.3 Å². The van der Waals surface area contributed by atoms with Gasteiger partial charge in [0.05, 0.1) is 5.75 Å². The van der Waals surface area contributed by atoms with Crippen LogP contribution < -0.4 is 16.0 Å². The molecule has 1 aromatic heterocycles. The summed E-state index contributed by atoms with van der Waals surface area (Å²) >= 11 is 2.71. The quantitative estimate of drug-likeness (QED) is 0.493. The van der Waals surface area contributed by atoms with Crippen LogP contribution in [0, 0.1) is 0 Å². The molecule has 0 aliphatic carbocycles. The number of thioether (sulfide) groups is 1. The average molecular weight is 363 g/mol. The molecule has 126 valence electrons. The first-order chi connectivity index (χ1) is 11.6. The highest BCUT2D eigenvalue weighted by atomic mass is 32.2. The predicted octanol–water partition coefficient (Wildman–Crippen LogP) is 2.83. The van der Waals surface area contributed by atoms with Gasteiger partial charge in [-0.3, -0.25) is 9.59 Å². The smallest absolute Gasteiger partial charge is 0.234 e. The maximum Gasteiger partial charge on any atom is 0.234 e. The van der Waals surface area contributed by atoms with Crippen LogP contribution in [0.1, 0.15) is 6.92 Å². The molecule has 0 unspecified atom stereocenters. The Labute approximate surface area is 147 Å². The molecule has 3 N–H and O–H groups in total. The molecule has 0 aliphatic heterocycles. The van der Waals surface area contributed by atoms with Gasteiger partial charge in [-0.1, -0.05) is 29.2 Å². The van der Waals surface area contributed by atoms with Crippen LogP contribution in [0.3, 0.4) is 0 Å². The van der Waals surface area contributed by atoms with Crippen molar-refractivity contribution in [2.45, 2.75) is 11.3 Å². The van der Waals surface area contributed by atoms with E-state index in [4.69, 9.17) is 0 Å². The number of amides is 2. The summed E-state index contributed by atoms with van der Waals surface area (Å²) in [4.78, 5) is 22.9. The van der Waals surface area contributed by atoms with E-state index < -0.39 is 0 Å². The minimum Gasteiger partial charge on any atom is -0.357 e. The van der Waals surface area contributed by atoms with Gasteiger partial charge in [0.15, 0.2) is 4.34 Å². The van der Waals surface area contributed by atoms with Crippen molar-refractivity contribution < 1.29 is 9.59 Å². The summed E-state index contributed by atoms with van der Waals surface area (Å²) in [5.41, 5.74) is 1.35. The first-order valence-corrected chi connectivity index (χ1v) is 8.85. The highest BCUT2D eigenvalue weighted by Crippen LogP contribution is 2.25. The van der Waals surface area contributed by atoms with Crippen molar-refractivity contribution in [3.63, 3.8) is 0 Å². The Kier molecular flexibility index (Phi) is 6.76. The van der Waals surface area contributed by atoms with Gasteiger partial charge in [0.2, 0.25) is 16.9 Å². The fourth-order valence-electron chi connectivity index (χ4n) is 1.66. The van der Waals surface area contributed by atoms with Crippen LogP contribution in [-0.2, 0) is 9.59 Å². The molecule has 7 nitrogen and oxygen atoms in total. The lowest BCUT2D eigenvalue weighted by molar-refractivity contribution is -0.114. The van der Waals surface area contributed by atoms with Crippen molar-refractivity contribution in [2.75, 3.05) is 28.2 Å². The van der Waals surface area contributed by atoms with Crippen molar-refractivity contribution >= 4 is 51.4 Å². The molecule has 0 atom stereocenters. The number of aromatic nitrogens is 2. The Bertz CT molecular complexity index is 715. The Morgan fingerprint density at radius 3 is 2.50 bits per heavy atom. The van der Waals surface area contributed by atoms with E-state index in [0.29, 0.717) is 23.1 Å². The fourth-order valence-corrected chi connectivity index (χ4v) is 3.22. The van der Waals surface area contributed by atoms with Crippen molar-refractivity contribution in [2.24, 2.45) is 0 Å². The highest BCUT2D eigenvalue weighted by Gasteiger charge is 2.08. The summed E-state index contributed by atoms with van der Waals surface area (Å²) in [6.45, 7) is 5.68. The summed E-state index contributed by atoms with van der Waals surface area (Å²) in [5.74, 6) is -0.0333. The van der Waals surface area contributed by atoms with Crippen molar-refractivity contribution in [3.05, 3.63) is 36.9 Å². The zero-order valence-corrected chi connectivity index (χ0v) is 14.7. The maximum absolute atomic E-state index is 12.0. The van der Waals surface area contributed by atoms with E-state index in [2.05, 4.69) is 32.7 Å². The van der Waals surface area contributed by atoms with Crippen molar-refractivity contribution in [1.82, 2.24) is 10.2 Å². The Morgan fingerprint density at radius 1 is 1.21 bits per heavy atom. The summed E-state index contributed by atoms with van der Waals surface area (Å²) in [7, 11) is 0.